The lowest BCUT2D eigenvalue weighted by atomic mass is 10.1. The molecule has 1 aliphatic rings. The number of benzene rings is 1. The highest BCUT2D eigenvalue weighted by Crippen LogP contribution is 2.22. The standard InChI is InChI=1S/C19H28N4O2/c1-19(2,3)23-18(14-22-9-11-25-12-10-22)20-17(21-23)13-15-7-5-6-8-16(15)24-4/h5-8H,9-14H2,1-4H3. The van der Waals surface area contributed by atoms with Gasteiger partial charge in [-0.25, -0.2) is 9.67 Å². The molecule has 0 spiro atoms. The summed E-state index contributed by atoms with van der Waals surface area (Å²) in [6.07, 6.45) is 0.670. The topological polar surface area (TPSA) is 52.4 Å². The molecule has 0 saturated carbocycles. The Labute approximate surface area is 149 Å². The molecular formula is C19H28N4O2. The molecule has 1 aliphatic heterocycles. The normalized spacial score (nSPS) is 16.2. The molecule has 2 aromatic rings. The Morgan fingerprint density at radius 2 is 1.88 bits per heavy atom. The molecule has 1 fully saturated rings. The molecule has 0 unspecified atom stereocenters. The maximum absolute atomic E-state index is 5.46. The van der Waals surface area contributed by atoms with Gasteiger partial charge in [-0.3, -0.25) is 4.90 Å². The largest absolute Gasteiger partial charge is 0.496 e. The van der Waals surface area contributed by atoms with Crippen molar-refractivity contribution in [3.63, 3.8) is 0 Å². The molecule has 136 valence electrons. The monoisotopic (exact) mass is 344 g/mol. The number of hydrogen-bond acceptors (Lipinski definition) is 5. The Balaban J connectivity index is 1.85. The molecule has 0 N–H and O–H groups in total. The van der Waals surface area contributed by atoms with Gasteiger partial charge in [0.2, 0.25) is 0 Å². The van der Waals surface area contributed by atoms with Gasteiger partial charge in [0.1, 0.15) is 11.6 Å². The number of methoxy groups -OCH3 is 1. The van der Waals surface area contributed by atoms with E-state index in [-0.39, 0.29) is 5.54 Å². The Morgan fingerprint density at radius 3 is 2.56 bits per heavy atom. The predicted octanol–water partition coefficient (Wildman–Crippen LogP) is 2.46. The van der Waals surface area contributed by atoms with Crippen LogP contribution in [0.4, 0.5) is 0 Å². The summed E-state index contributed by atoms with van der Waals surface area (Å²) < 4.78 is 13.0. The zero-order valence-corrected chi connectivity index (χ0v) is 15.7. The fraction of sp³-hybridized carbons (Fsp3) is 0.579. The van der Waals surface area contributed by atoms with Gasteiger partial charge in [-0.05, 0) is 26.8 Å². The fourth-order valence-corrected chi connectivity index (χ4v) is 3.08. The Hall–Kier alpha value is -1.92. The van der Waals surface area contributed by atoms with Crippen molar-refractivity contribution in [2.24, 2.45) is 0 Å². The number of morpholine rings is 1. The van der Waals surface area contributed by atoms with Crippen LogP contribution in [0, 0.1) is 0 Å². The van der Waals surface area contributed by atoms with Crippen molar-refractivity contribution in [2.75, 3.05) is 33.4 Å². The molecule has 6 nitrogen and oxygen atoms in total. The zero-order valence-electron chi connectivity index (χ0n) is 15.7. The molecule has 0 bridgehead atoms. The van der Waals surface area contributed by atoms with Crippen LogP contribution in [0.15, 0.2) is 24.3 Å². The van der Waals surface area contributed by atoms with Crippen molar-refractivity contribution >= 4 is 0 Å². The molecule has 0 radical (unpaired) electrons. The van der Waals surface area contributed by atoms with E-state index in [0.717, 1.165) is 55.8 Å². The lowest BCUT2D eigenvalue weighted by Crippen LogP contribution is -2.37. The number of rotatable bonds is 5. The van der Waals surface area contributed by atoms with Crippen LogP contribution in [-0.2, 0) is 23.2 Å². The number of aromatic nitrogens is 3. The maximum atomic E-state index is 5.46. The van der Waals surface area contributed by atoms with Crippen molar-refractivity contribution < 1.29 is 9.47 Å². The fourth-order valence-electron chi connectivity index (χ4n) is 3.08. The summed E-state index contributed by atoms with van der Waals surface area (Å²) in [6, 6.07) is 8.05. The molecule has 1 saturated heterocycles. The van der Waals surface area contributed by atoms with Gasteiger partial charge in [0, 0.05) is 25.1 Å². The molecule has 1 aromatic carbocycles. The number of hydrogen-bond donors (Lipinski definition) is 0. The molecule has 25 heavy (non-hydrogen) atoms. The van der Waals surface area contributed by atoms with E-state index in [4.69, 9.17) is 19.6 Å². The minimum atomic E-state index is -0.104. The first-order chi connectivity index (χ1) is 12.0. The van der Waals surface area contributed by atoms with Gasteiger partial charge in [0.05, 0.1) is 32.4 Å². The lowest BCUT2D eigenvalue weighted by Gasteiger charge is -2.28. The Morgan fingerprint density at radius 1 is 1.16 bits per heavy atom. The second kappa shape index (κ2) is 7.54. The minimum Gasteiger partial charge on any atom is -0.496 e. The first-order valence-corrected chi connectivity index (χ1v) is 8.84. The van der Waals surface area contributed by atoms with Crippen molar-refractivity contribution in [3.8, 4) is 5.75 Å². The number of para-hydroxylation sites is 1. The first-order valence-electron chi connectivity index (χ1n) is 8.84. The van der Waals surface area contributed by atoms with E-state index in [1.54, 1.807) is 7.11 Å². The smallest absolute Gasteiger partial charge is 0.155 e. The average molecular weight is 344 g/mol. The predicted molar refractivity (Wildman–Crippen MR) is 96.9 cm³/mol. The summed E-state index contributed by atoms with van der Waals surface area (Å²) in [4.78, 5) is 7.23. The maximum Gasteiger partial charge on any atom is 0.155 e. The molecule has 0 atom stereocenters. The van der Waals surface area contributed by atoms with Crippen LogP contribution in [0.5, 0.6) is 5.75 Å². The summed E-state index contributed by atoms with van der Waals surface area (Å²) in [5, 5.41) is 4.81. The van der Waals surface area contributed by atoms with Crippen molar-refractivity contribution in [1.82, 2.24) is 19.7 Å². The molecule has 1 aromatic heterocycles. The second-order valence-corrected chi connectivity index (χ2v) is 7.40. The van der Waals surface area contributed by atoms with Gasteiger partial charge < -0.3 is 9.47 Å². The van der Waals surface area contributed by atoms with Crippen LogP contribution >= 0.6 is 0 Å². The van der Waals surface area contributed by atoms with Crippen LogP contribution in [0.1, 0.15) is 38.0 Å². The van der Waals surface area contributed by atoms with Crippen molar-refractivity contribution in [2.45, 2.75) is 39.3 Å². The van der Waals surface area contributed by atoms with E-state index in [1.165, 1.54) is 0 Å². The van der Waals surface area contributed by atoms with Gasteiger partial charge in [0.15, 0.2) is 5.82 Å². The van der Waals surface area contributed by atoms with E-state index in [0.29, 0.717) is 6.42 Å². The van der Waals surface area contributed by atoms with E-state index >= 15 is 0 Å². The van der Waals surface area contributed by atoms with Crippen LogP contribution in [0.25, 0.3) is 0 Å². The second-order valence-electron chi connectivity index (χ2n) is 7.40. The zero-order chi connectivity index (χ0) is 17.9. The quantitative estimate of drug-likeness (QED) is 0.834. The Bertz CT molecular complexity index is 700. The first kappa shape index (κ1) is 17.9. The van der Waals surface area contributed by atoms with E-state index in [1.807, 2.05) is 18.2 Å². The van der Waals surface area contributed by atoms with Crippen molar-refractivity contribution in [1.29, 1.82) is 0 Å². The highest BCUT2D eigenvalue weighted by Gasteiger charge is 2.23. The SMILES string of the molecule is COc1ccccc1Cc1nc(CN2CCOCC2)n(C(C)(C)C)n1. The van der Waals surface area contributed by atoms with Crippen LogP contribution in [0.2, 0.25) is 0 Å². The molecule has 2 heterocycles. The summed E-state index contributed by atoms with van der Waals surface area (Å²) in [5.74, 6) is 2.73. The average Bonchev–Trinajstić information content (AvgIpc) is 2.99. The third-order valence-electron chi connectivity index (χ3n) is 4.36. The van der Waals surface area contributed by atoms with Crippen LogP contribution in [0.3, 0.4) is 0 Å². The summed E-state index contributed by atoms with van der Waals surface area (Å²) in [7, 11) is 1.70. The van der Waals surface area contributed by atoms with Crippen LogP contribution < -0.4 is 4.74 Å². The van der Waals surface area contributed by atoms with E-state index in [9.17, 15) is 0 Å². The lowest BCUT2D eigenvalue weighted by molar-refractivity contribution is 0.0318. The van der Waals surface area contributed by atoms with Gasteiger partial charge in [-0.1, -0.05) is 18.2 Å². The third-order valence-corrected chi connectivity index (χ3v) is 4.36. The van der Waals surface area contributed by atoms with Crippen LogP contribution in [-0.4, -0.2) is 53.1 Å². The molecular weight excluding hydrogens is 316 g/mol. The van der Waals surface area contributed by atoms with Gasteiger partial charge in [-0.15, -0.1) is 0 Å². The van der Waals surface area contributed by atoms with Gasteiger partial charge in [0.25, 0.3) is 0 Å². The highest BCUT2D eigenvalue weighted by molar-refractivity contribution is 5.35. The van der Waals surface area contributed by atoms with E-state index < -0.39 is 0 Å². The van der Waals surface area contributed by atoms with Crippen molar-refractivity contribution in [3.05, 3.63) is 41.5 Å². The number of ether oxygens (including phenoxy) is 2. The third kappa shape index (κ3) is 4.38. The van der Waals surface area contributed by atoms with E-state index in [2.05, 4.69) is 36.4 Å². The Kier molecular flexibility index (Phi) is 5.39. The minimum absolute atomic E-state index is 0.104. The molecule has 6 heteroatoms. The number of nitrogens with zero attached hydrogens (tertiary/aromatic N) is 4. The summed E-state index contributed by atoms with van der Waals surface area (Å²) >= 11 is 0. The highest BCUT2D eigenvalue weighted by atomic mass is 16.5. The molecule has 3 rings (SSSR count). The molecule has 0 aliphatic carbocycles. The molecule has 0 amide bonds. The summed E-state index contributed by atoms with van der Waals surface area (Å²) in [5.41, 5.74) is 1.00. The summed E-state index contributed by atoms with van der Waals surface area (Å²) in [6.45, 7) is 10.8. The van der Waals surface area contributed by atoms with Gasteiger partial charge >= 0.3 is 0 Å². The van der Waals surface area contributed by atoms with Gasteiger partial charge in [-0.2, -0.15) is 5.10 Å².